The first-order chi connectivity index (χ1) is 9.02. The van der Waals surface area contributed by atoms with Crippen molar-refractivity contribution in [1.82, 2.24) is 10.2 Å². The van der Waals surface area contributed by atoms with Gasteiger partial charge < -0.3 is 16.0 Å². The molecule has 6 heteroatoms. The Hall–Kier alpha value is 0.0300. The van der Waals surface area contributed by atoms with Crippen molar-refractivity contribution >= 4 is 30.1 Å². The molecule has 1 aliphatic rings. The highest BCUT2D eigenvalue weighted by atomic mass is 35.5. The van der Waals surface area contributed by atoms with Gasteiger partial charge in [0.1, 0.15) is 0 Å². The van der Waals surface area contributed by atoms with Gasteiger partial charge >= 0.3 is 0 Å². The summed E-state index contributed by atoms with van der Waals surface area (Å²) in [6, 6.07) is -0.347. The van der Waals surface area contributed by atoms with E-state index in [1.54, 1.807) is 11.8 Å². The van der Waals surface area contributed by atoms with Crippen molar-refractivity contribution in [3.63, 3.8) is 0 Å². The van der Waals surface area contributed by atoms with Crippen molar-refractivity contribution in [2.45, 2.75) is 32.7 Å². The highest BCUT2D eigenvalue weighted by Crippen LogP contribution is 2.16. The Kier molecular flexibility index (Phi) is 10.7. The van der Waals surface area contributed by atoms with Crippen LogP contribution in [-0.2, 0) is 4.79 Å². The van der Waals surface area contributed by atoms with E-state index in [1.807, 2.05) is 6.26 Å². The molecule has 1 fully saturated rings. The van der Waals surface area contributed by atoms with Crippen molar-refractivity contribution < 1.29 is 4.79 Å². The van der Waals surface area contributed by atoms with Gasteiger partial charge in [-0.1, -0.05) is 13.8 Å². The van der Waals surface area contributed by atoms with E-state index in [1.165, 1.54) is 6.42 Å². The van der Waals surface area contributed by atoms with Gasteiger partial charge in [0.15, 0.2) is 0 Å². The first kappa shape index (κ1) is 20.0. The fourth-order valence-electron chi connectivity index (χ4n) is 2.51. The number of nitrogens with zero attached hydrogens (tertiary/aromatic N) is 1. The fraction of sp³-hybridized carbons (Fsp3) is 0.929. The minimum absolute atomic E-state index is 0. The summed E-state index contributed by atoms with van der Waals surface area (Å²) in [5.41, 5.74) is 5.85. The zero-order chi connectivity index (χ0) is 14.3. The minimum atomic E-state index is -0.347. The van der Waals surface area contributed by atoms with E-state index in [-0.39, 0.29) is 24.4 Å². The fourth-order valence-corrected chi connectivity index (χ4v) is 3.00. The number of rotatable bonds is 8. The highest BCUT2D eigenvalue weighted by Gasteiger charge is 2.23. The van der Waals surface area contributed by atoms with Gasteiger partial charge in [0.2, 0.25) is 5.91 Å². The lowest BCUT2D eigenvalue weighted by atomic mass is 10.1. The van der Waals surface area contributed by atoms with Crippen LogP contribution in [0.3, 0.4) is 0 Å². The lowest BCUT2D eigenvalue weighted by Gasteiger charge is -2.19. The van der Waals surface area contributed by atoms with Gasteiger partial charge in [-0.2, -0.15) is 11.8 Å². The van der Waals surface area contributed by atoms with Crippen LogP contribution in [0.2, 0.25) is 0 Å². The van der Waals surface area contributed by atoms with E-state index in [0.29, 0.717) is 11.8 Å². The Balaban J connectivity index is 0.00000361. The Morgan fingerprint density at radius 1 is 1.50 bits per heavy atom. The smallest absolute Gasteiger partial charge is 0.236 e. The summed E-state index contributed by atoms with van der Waals surface area (Å²) in [4.78, 5) is 14.3. The van der Waals surface area contributed by atoms with Gasteiger partial charge in [0.05, 0.1) is 6.04 Å². The van der Waals surface area contributed by atoms with Gasteiger partial charge in [-0.15, -0.1) is 12.4 Å². The maximum Gasteiger partial charge on any atom is 0.236 e. The molecule has 20 heavy (non-hydrogen) atoms. The van der Waals surface area contributed by atoms with Gasteiger partial charge in [0, 0.05) is 19.6 Å². The number of halogens is 1. The maximum absolute atomic E-state index is 11.8. The third kappa shape index (κ3) is 7.72. The molecule has 1 unspecified atom stereocenters. The average Bonchev–Trinajstić information content (AvgIpc) is 2.79. The molecule has 1 heterocycles. The number of amides is 1. The topological polar surface area (TPSA) is 58.4 Å². The Bertz CT molecular complexity index is 279. The summed E-state index contributed by atoms with van der Waals surface area (Å²) >= 11 is 1.73. The van der Waals surface area contributed by atoms with E-state index in [9.17, 15) is 4.79 Å². The maximum atomic E-state index is 11.8. The van der Waals surface area contributed by atoms with Crippen LogP contribution in [0.15, 0.2) is 0 Å². The van der Waals surface area contributed by atoms with E-state index in [4.69, 9.17) is 5.73 Å². The van der Waals surface area contributed by atoms with Gasteiger partial charge in [-0.3, -0.25) is 4.79 Å². The molecular weight excluding hydrogens is 294 g/mol. The Morgan fingerprint density at radius 2 is 2.20 bits per heavy atom. The molecule has 1 rings (SSSR count). The summed E-state index contributed by atoms with van der Waals surface area (Å²) in [5, 5.41) is 3.01. The molecule has 2 atom stereocenters. The molecule has 1 amide bonds. The van der Waals surface area contributed by atoms with E-state index in [2.05, 4.69) is 24.1 Å². The first-order valence-corrected chi connectivity index (χ1v) is 8.67. The third-order valence-corrected chi connectivity index (χ3v) is 4.17. The molecule has 0 aromatic heterocycles. The van der Waals surface area contributed by atoms with Crippen LogP contribution in [0.4, 0.5) is 0 Å². The van der Waals surface area contributed by atoms with Crippen molar-refractivity contribution in [2.75, 3.05) is 38.2 Å². The van der Waals surface area contributed by atoms with Crippen molar-refractivity contribution in [3.05, 3.63) is 0 Å². The SMILES string of the molecule is CSCC[C@H](N)C(=O)NCC1CCN(CC(C)C)C1.Cl. The number of likely N-dealkylation sites (tertiary alicyclic amines) is 1. The lowest BCUT2D eigenvalue weighted by Crippen LogP contribution is -2.43. The van der Waals surface area contributed by atoms with Crippen LogP contribution in [0.25, 0.3) is 0 Å². The minimum Gasteiger partial charge on any atom is -0.354 e. The second kappa shape index (κ2) is 10.7. The van der Waals surface area contributed by atoms with Gasteiger partial charge in [0.25, 0.3) is 0 Å². The summed E-state index contributed by atoms with van der Waals surface area (Å²) in [7, 11) is 0. The molecule has 1 saturated heterocycles. The van der Waals surface area contributed by atoms with Crippen LogP contribution >= 0.6 is 24.2 Å². The summed E-state index contributed by atoms with van der Waals surface area (Å²) < 4.78 is 0. The predicted molar refractivity (Wildman–Crippen MR) is 90.6 cm³/mol. The van der Waals surface area contributed by atoms with Gasteiger partial charge in [-0.25, -0.2) is 0 Å². The van der Waals surface area contributed by atoms with E-state index < -0.39 is 0 Å². The molecule has 0 spiro atoms. The van der Waals surface area contributed by atoms with Crippen LogP contribution in [-0.4, -0.2) is 55.0 Å². The molecule has 3 N–H and O–H groups in total. The molecule has 0 aliphatic carbocycles. The molecule has 0 aromatic rings. The van der Waals surface area contributed by atoms with Crippen molar-refractivity contribution in [1.29, 1.82) is 0 Å². The molecular formula is C14H30ClN3OS. The van der Waals surface area contributed by atoms with Crippen molar-refractivity contribution in [2.24, 2.45) is 17.6 Å². The zero-order valence-corrected chi connectivity index (χ0v) is 14.6. The molecule has 0 bridgehead atoms. The molecule has 0 radical (unpaired) electrons. The second-order valence-electron chi connectivity index (χ2n) is 5.94. The number of hydrogen-bond donors (Lipinski definition) is 2. The molecule has 0 saturated carbocycles. The van der Waals surface area contributed by atoms with Gasteiger partial charge in [-0.05, 0) is 43.2 Å². The summed E-state index contributed by atoms with van der Waals surface area (Å²) in [5.74, 6) is 2.26. The third-order valence-electron chi connectivity index (χ3n) is 3.53. The number of nitrogens with one attached hydrogen (secondary N) is 1. The molecule has 0 aromatic carbocycles. The van der Waals surface area contributed by atoms with E-state index >= 15 is 0 Å². The Labute approximate surface area is 134 Å². The second-order valence-corrected chi connectivity index (χ2v) is 6.93. The number of thioether (sulfide) groups is 1. The lowest BCUT2D eigenvalue weighted by molar-refractivity contribution is -0.122. The number of nitrogens with two attached hydrogens (primary N) is 1. The molecule has 1 aliphatic heterocycles. The number of carbonyl (C=O) groups excluding carboxylic acids is 1. The van der Waals surface area contributed by atoms with Crippen LogP contribution < -0.4 is 11.1 Å². The molecule has 120 valence electrons. The standard InChI is InChI=1S/C14H29N3OS.ClH/c1-11(2)9-17-6-4-12(10-17)8-16-14(18)13(15)5-7-19-3;/h11-13H,4-10,15H2,1-3H3,(H,16,18);1H/t12?,13-;/m0./s1. The highest BCUT2D eigenvalue weighted by molar-refractivity contribution is 7.98. The van der Waals surface area contributed by atoms with Crippen LogP contribution in [0, 0.1) is 11.8 Å². The monoisotopic (exact) mass is 323 g/mol. The van der Waals surface area contributed by atoms with E-state index in [0.717, 1.165) is 38.4 Å². The summed E-state index contributed by atoms with van der Waals surface area (Å²) in [6.07, 6.45) is 3.98. The zero-order valence-electron chi connectivity index (χ0n) is 12.9. The van der Waals surface area contributed by atoms with Crippen LogP contribution in [0.5, 0.6) is 0 Å². The predicted octanol–water partition coefficient (Wildman–Crippen LogP) is 1.58. The normalized spacial score (nSPS) is 20.8. The largest absolute Gasteiger partial charge is 0.354 e. The first-order valence-electron chi connectivity index (χ1n) is 7.27. The average molecular weight is 324 g/mol. The van der Waals surface area contributed by atoms with Crippen molar-refractivity contribution in [3.8, 4) is 0 Å². The Morgan fingerprint density at radius 3 is 2.80 bits per heavy atom. The molecule has 4 nitrogen and oxygen atoms in total. The number of carbonyl (C=O) groups is 1. The van der Waals surface area contributed by atoms with Crippen LogP contribution in [0.1, 0.15) is 26.7 Å². The summed E-state index contributed by atoms with van der Waals surface area (Å²) in [6.45, 7) is 8.72. The quantitative estimate of drug-likeness (QED) is 0.712. The number of hydrogen-bond acceptors (Lipinski definition) is 4.